The van der Waals surface area contributed by atoms with E-state index in [9.17, 15) is 0 Å². The monoisotopic (exact) mass is 410 g/mol. The summed E-state index contributed by atoms with van der Waals surface area (Å²) in [6, 6.07) is 44.2. The van der Waals surface area contributed by atoms with Gasteiger partial charge in [-0.3, -0.25) is 0 Å². The van der Waals surface area contributed by atoms with Crippen molar-refractivity contribution < 1.29 is 4.74 Å². The Hall–Kier alpha value is -2.63. The molecule has 1 nitrogen and oxygen atoms in total. The van der Waals surface area contributed by atoms with Crippen LogP contribution in [0.4, 0.5) is 0 Å². The molecule has 4 aromatic rings. The van der Waals surface area contributed by atoms with Gasteiger partial charge in [0.2, 0.25) is 0 Å². The average molecular weight is 411 g/mol. The molecule has 2 heteroatoms. The Bertz CT molecular complexity index is 805. The Labute approximate surface area is 183 Å². The number of hydrogen-bond donors (Lipinski definition) is 0. The molecule has 1 N–H and O–H groups in total. The van der Waals surface area contributed by atoms with E-state index in [0.29, 0.717) is 0 Å². The predicted octanol–water partition coefficient (Wildman–Crippen LogP) is 3.62. The van der Waals surface area contributed by atoms with Gasteiger partial charge in [0.1, 0.15) is 13.2 Å². The van der Waals surface area contributed by atoms with Gasteiger partial charge in [-0.2, -0.15) is 0 Å². The normalized spacial score (nSPS) is 10.7. The first kappa shape index (κ1) is 22.1. The third-order valence-electron chi connectivity index (χ3n) is 5.65. The Morgan fingerprint density at radius 3 is 0.833 bits per heavy atom. The zero-order chi connectivity index (χ0) is 21.1. The summed E-state index contributed by atoms with van der Waals surface area (Å²) in [5, 5.41) is 0. The molecular formula is C28H31AlO. The van der Waals surface area contributed by atoms with Gasteiger partial charge in [-0.1, -0.05) is 72.8 Å². The Balaban J connectivity index is 0.000000461. The van der Waals surface area contributed by atoms with Crippen molar-refractivity contribution >= 4 is 30.8 Å². The molecule has 4 aromatic carbocycles. The second-order valence-corrected chi connectivity index (χ2v) is 11.8. The number of hydrogen-bond acceptors (Lipinski definition) is 0. The van der Waals surface area contributed by atoms with E-state index in [1.165, 1.54) is 17.7 Å². The number of aliphatic hydroxyl groups is 2. The van der Waals surface area contributed by atoms with E-state index in [-0.39, 0.29) is 0 Å². The van der Waals surface area contributed by atoms with Crippen LogP contribution in [-0.2, 0) is 0 Å². The van der Waals surface area contributed by atoms with Gasteiger partial charge in [0.25, 0.3) is 13.1 Å². The highest BCUT2D eigenvalue weighted by atomic mass is 27.2. The largest absolute Gasteiger partial charge is 0.434 e. The minimum atomic E-state index is -2.69. The first-order chi connectivity index (χ1) is 14.8. The molecule has 0 saturated carbocycles. The summed E-state index contributed by atoms with van der Waals surface area (Å²) in [5.74, 6) is 0. The van der Waals surface area contributed by atoms with Crippen molar-refractivity contribution in [1.82, 2.24) is 0 Å². The zero-order valence-corrected chi connectivity index (χ0v) is 19.1. The quantitative estimate of drug-likeness (QED) is 0.340. The van der Waals surface area contributed by atoms with Crippen molar-refractivity contribution in [3.63, 3.8) is 0 Å². The lowest BCUT2D eigenvalue weighted by Gasteiger charge is -2.40. The van der Waals surface area contributed by atoms with E-state index in [4.69, 9.17) is 0 Å². The zero-order valence-electron chi connectivity index (χ0n) is 18.0. The molecule has 0 aliphatic carbocycles. The molecule has 0 heterocycles. The first-order valence-electron chi connectivity index (χ1n) is 10.8. The molecule has 152 valence electrons. The van der Waals surface area contributed by atoms with Crippen molar-refractivity contribution in [2.75, 3.05) is 13.2 Å². The summed E-state index contributed by atoms with van der Waals surface area (Å²) < 4.78 is 9.74. The van der Waals surface area contributed by atoms with Crippen LogP contribution in [0, 0.1) is 0 Å². The van der Waals surface area contributed by atoms with Gasteiger partial charge < -0.3 is 4.74 Å². The molecule has 0 fully saturated rings. The Kier molecular flexibility index (Phi) is 8.48. The number of benzene rings is 4. The second kappa shape index (κ2) is 11.5. The fourth-order valence-electron chi connectivity index (χ4n) is 4.35. The van der Waals surface area contributed by atoms with Crippen LogP contribution < -0.4 is 17.7 Å². The molecule has 0 aliphatic rings. The SMILES string of the molecule is CC[OH+]CC.c1cc[c]([Al-]([c]2ccccc2)([c]2ccccc2)[c]2ccccc2)cc1. The van der Waals surface area contributed by atoms with Crippen LogP contribution in [0.25, 0.3) is 0 Å². The van der Waals surface area contributed by atoms with Gasteiger partial charge >= 0.3 is 0 Å². The van der Waals surface area contributed by atoms with Gasteiger partial charge in [-0.25, -0.2) is 17.7 Å². The van der Waals surface area contributed by atoms with Gasteiger partial charge in [-0.15, -0.1) is 48.5 Å². The molecule has 0 aliphatic heterocycles. The van der Waals surface area contributed by atoms with Crippen molar-refractivity contribution in [1.29, 1.82) is 0 Å². The molecule has 0 aromatic heterocycles. The maximum absolute atomic E-state index is 3.97. The highest BCUT2D eigenvalue weighted by Gasteiger charge is 2.35. The van der Waals surface area contributed by atoms with E-state index >= 15 is 0 Å². The molecule has 0 atom stereocenters. The summed E-state index contributed by atoms with van der Waals surface area (Å²) in [4.78, 5) is 0. The van der Waals surface area contributed by atoms with Gasteiger partial charge in [0, 0.05) is 13.8 Å². The molecule has 4 rings (SSSR count). The van der Waals surface area contributed by atoms with Crippen LogP contribution in [0.1, 0.15) is 13.8 Å². The summed E-state index contributed by atoms with van der Waals surface area (Å²) in [6.07, 6.45) is 0. The van der Waals surface area contributed by atoms with E-state index in [0.717, 1.165) is 13.2 Å². The van der Waals surface area contributed by atoms with Gasteiger partial charge in [0.15, 0.2) is 0 Å². The van der Waals surface area contributed by atoms with Crippen molar-refractivity contribution in [2.24, 2.45) is 0 Å². The van der Waals surface area contributed by atoms with E-state index in [2.05, 4.69) is 126 Å². The lowest BCUT2D eigenvalue weighted by atomic mass is 10.3. The third kappa shape index (κ3) is 4.92. The Morgan fingerprint density at radius 1 is 0.433 bits per heavy atom. The highest BCUT2D eigenvalue weighted by Crippen LogP contribution is 2.09. The topological polar surface area (TPSA) is 12.8 Å². The van der Waals surface area contributed by atoms with Crippen molar-refractivity contribution in [3.8, 4) is 0 Å². The predicted molar refractivity (Wildman–Crippen MR) is 133 cm³/mol. The van der Waals surface area contributed by atoms with Crippen LogP contribution in [0.5, 0.6) is 0 Å². The lowest BCUT2D eigenvalue weighted by molar-refractivity contribution is -0.0178. The maximum atomic E-state index is 3.97. The third-order valence-corrected chi connectivity index (χ3v) is 11.2. The summed E-state index contributed by atoms with van der Waals surface area (Å²) >= 11 is -2.69. The minimum absolute atomic E-state index is 0.969. The highest BCUT2D eigenvalue weighted by molar-refractivity contribution is 7.19. The standard InChI is InChI=1S/4C6H5.C4H10O.Al/c4*1-2-4-6-5-3-1;1-3-5-4-2;/h4*1-5H;3-4H2,1-2H3;/q;;;;;-1/p+1. The number of rotatable bonds is 6. The summed E-state index contributed by atoms with van der Waals surface area (Å²) in [7, 11) is 0. The fraction of sp³-hybridized carbons (Fsp3) is 0.143. The molecule has 0 unspecified atom stereocenters. The van der Waals surface area contributed by atoms with Crippen LogP contribution >= 0.6 is 0 Å². The number of ether oxygens (including phenoxy) is 1. The van der Waals surface area contributed by atoms with E-state index in [1.807, 2.05) is 13.8 Å². The summed E-state index contributed by atoms with van der Waals surface area (Å²) in [5.41, 5.74) is 0. The van der Waals surface area contributed by atoms with Crippen LogP contribution in [0.15, 0.2) is 121 Å². The lowest BCUT2D eigenvalue weighted by Crippen LogP contribution is -2.74. The Morgan fingerprint density at radius 2 is 0.667 bits per heavy atom. The molecule has 30 heavy (non-hydrogen) atoms. The second-order valence-electron chi connectivity index (χ2n) is 7.36. The molecule has 0 spiro atoms. The smallest absolute Gasteiger partial charge is 0.266 e. The van der Waals surface area contributed by atoms with Crippen LogP contribution in [0.3, 0.4) is 0 Å². The fourth-order valence-corrected chi connectivity index (χ4v) is 9.85. The molecule has 0 saturated heterocycles. The van der Waals surface area contributed by atoms with E-state index < -0.39 is 13.1 Å². The molecule has 0 radical (unpaired) electrons. The van der Waals surface area contributed by atoms with Gasteiger partial charge in [0.05, 0.1) is 0 Å². The first-order valence-corrected chi connectivity index (χ1v) is 13.2. The van der Waals surface area contributed by atoms with Crippen molar-refractivity contribution in [2.45, 2.75) is 13.8 Å². The minimum Gasteiger partial charge on any atom is -0.434 e. The van der Waals surface area contributed by atoms with Crippen LogP contribution in [0.2, 0.25) is 0 Å². The molecule has 0 bridgehead atoms. The average Bonchev–Trinajstić information content (AvgIpc) is 2.83. The van der Waals surface area contributed by atoms with Crippen LogP contribution in [-0.4, -0.2) is 31.0 Å². The van der Waals surface area contributed by atoms with E-state index in [1.54, 1.807) is 0 Å². The van der Waals surface area contributed by atoms with Crippen molar-refractivity contribution in [3.05, 3.63) is 121 Å². The summed E-state index contributed by atoms with van der Waals surface area (Å²) in [6.45, 7) is 6.03. The van der Waals surface area contributed by atoms with Gasteiger partial charge in [-0.05, 0) is 0 Å². The molecular weight excluding hydrogens is 379 g/mol. The maximum Gasteiger partial charge on any atom is 0.266 e. The molecule has 0 amide bonds.